The van der Waals surface area contributed by atoms with Crippen molar-refractivity contribution in [3.63, 3.8) is 0 Å². The van der Waals surface area contributed by atoms with E-state index in [0.29, 0.717) is 34.1 Å². The molecule has 2 aromatic carbocycles. The molecule has 11 heteroatoms. The number of ketones is 1. The summed E-state index contributed by atoms with van der Waals surface area (Å²) in [4.78, 5) is 45.5. The number of benzene rings is 2. The number of carbonyl (C=O) groups excluding carboxylic acids is 3. The van der Waals surface area contributed by atoms with Gasteiger partial charge in [0.15, 0.2) is 5.13 Å². The maximum absolute atomic E-state index is 13.6. The SMILES string of the molecule is C=CCOC(=O)c1sc(N2C(=O)C(=O)/C(=C(/O)c3ccc(OC)c(C)c3)[C@@H]2c2cc(OC)ccc2OC)nc1C. The molecule has 0 unspecified atom stereocenters. The Labute approximate surface area is 235 Å². The molecular formula is C29H28N2O8S. The van der Waals surface area contributed by atoms with Gasteiger partial charge in [0.05, 0.1) is 32.6 Å². The zero-order valence-corrected chi connectivity index (χ0v) is 23.5. The van der Waals surface area contributed by atoms with Crippen LogP contribution in [-0.4, -0.2) is 55.7 Å². The minimum absolute atomic E-state index is 0.00168. The predicted octanol–water partition coefficient (Wildman–Crippen LogP) is 4.75. The van der Waals surface area contributed by atoms with Gasteiger partial charge in [-0.05, 0) is 55.8 Å². The Hall–Kier alpha value is -4.64. The van der Waals surface area contributed by atoms with E-state index in [0.717, 1.165) is 21.8 Å². The van der Waals surface area contributed by atoms with Crippen molar-refractivity contribution in [3.8, 4) is 17.2 Å². The monoisotopic (exact) mass is 564 g/mol. The van der Waals surface area contributed by atoms with E-state index >= 15 is 0 Å². The number of rotatable bonds is 9. The number of aryl methyl sites for hydroxylation is 2. The van der Waals surface area contributed by atoms with Crippen LogP contribution < -0.4 is 19.1 Å². The zero-order valence-electron chi connectivity index (χ0n) is 22.6. The number of esters is 1. The molecule has 1 saturated heterocycles. The molecule has 1 aliphatic heterocycles. The van der Waals surface area contributed by atoms with Gasteiger partial charge in [0, 0.05) is 11.1 Å². The number of aliphatic hydroxyl groups excluding tert-OH is 1. The second-order valence-electron chi connectivity index (χ2n) is 8.76. The number of hydrogen-bond acceptors (Lipinski definition) is 10. The summed E-state index contributed by atoms with van der Waals surface area (Å²) in [5.41, 5.74) is 1.54. The Bertz CT molecular complexity index is 1540. The summed E-state index contributed by atoms with van der Waals surface area (Å²) < 4.78 is 21.5. The highest BCUT2D eigenvalue weighted by molar-refractivity contribution is 7.17. The summed E-state index contributed by atoms with van der Waals surface area (Å²) in [6, 6.07) is 8.68. The van der Waals surface area contributed by atoms with Crippen molar-refractivity contribution in [1.82, 2.24) is 4.98 Å². The molecule has 1 fully saturated rings. The van der Waals surface area contributed by atoms with E-state index in [1.807, 2.05) is 0 Å². The van der Waals surface area contributed by atoms with Gasteiger partial charge in [-0.25, -0.2) is 9.78 Å². The number of anilines is 1. The number of aromatic nitrogens is 1. The Morgan fingerprint density at radius 2 is 1.77 bits per heavy atom. The number of hydrogen-bond donors (Lipinski definition) is 1. The topological polar surface area (TPSA) is 124 Å². The lowest BCUT2D eigenvalue weighted by Gasteiger charge is -2.25. The number of ether oxygens (including phenoxy) is 4. The Morgan fingerprint density at radius 3 is 2.40 bits per heavy atom. The molecule has 1 atom stereocenters. The van der Waals surface area contributed by atoms with Crippen LogP contribution in [0.4, 0.5) is 5.13 Å². The number of methoxy groups -OCH3 is 3. The Morgan fingerprint density at radius 1 is 1.07 bits per heavy atom. The van der Waals surface area contributed by atoms with Crippen LogP contribution in [0.3, 0.4) is 0 Å². The molecule has 10 nitrogen and oxygen atoms in total. The number of nitrogens with zero attached hydrogens (tertiary/aromatic N) is 2. The van der Waals surface area contributed by atoms with Crippen molar-refractivity contribution in [3.05, 3.63) is 81.9 Å². The highest BCUT2D eigenvalue weighted by Gasteiger charge is 2.49. The van der Waals surface area contributed by atoms with Crippen molar-refractivity contribution >= 4 is 39.9 Å². The lowest BCUT2D eigenvalue weighted by molar-refractivity contribution is -0.132. The molecule has 3 aromatic rings. The van der Waals surface area contributed by atoms with Gasteiger partial charge in [-0.15, -0.1) is 0 Å². The van der Waals surface area contributed by atoms with Crippen LogP contribution >= 0.6 is 11.3 Å². The lowest BCUT2D eigenvalue weighted by atomic mass is 9.94. The number of carbonyl (C=O) groups is 3. The maximum Gasteiger partial charge on any atom is 0.350 e. The maximum atomic E-state index is 13.6. The smallest absolute Gasteiger partial charge is 0.350 e. The summed E-state index contributed by atoms with van der Waals surface area (Å²) in [5.74, 6) is -1.51. The number of thiazole rings is 1. The first kappa shape index (κ1) is 28.4. The van der Waals surface area contributed by atoms with Gasteiger partial charge >= 0.3 is 11.9 Å². The molecular weight excluding hydrogens is 536 g/mol. The molecule has 208 valence electrons. The van der Waals surface area contributed by atoms with Crippen LogP contribution in [0.2, 0.25) is 0 Å². The van der Waals surface area contributed by atoms with Crippen molar-refractivity contribution in [2.24, 2.45) is 0 Å². The van der Waals surface area contributed by atoms with Gasteiger partial charge < -0.3 is 24.1 Å². The van der Waals surface area contributed by atoms with Gasteiger partial charge in [0.1, 0.15) is 40.5 Å². The van der Waals surface area contributed by atoms with Crippen molar-refractivity contribution in [2.75, 3.05) is 32.8 Å². The predicted molar refractivity (Wildman–Crippen MR) is 149 cm³/mol. The molecule has 2 heterocycles. The van der Waals surface area contributed by atoms with E-state index in [1.165, 1.54) is 27.4 Å². The summed E-state index contributed by atoms with van der Waals surface area (Å²) >= 11 is 0.900. The van der Waals surface area contributed by atoms with Crippen molar-refractivity contribution in [1.29, 1.82) is 0 Å². The van der Waals surface area contributed by atoms with E-state index < -0.39 is 23.7 Å². The molecule has 4 rings (SSSR count). The van der Waals surface area contributed by atoms with Gasteiger partial charge in [-0.3, -0.25) is 14.5 Å². The van der Waals surface area contributed by atoms with E-state index in [2.05, 4.69) is 11.6 Å². The normalized spacial score (nSPS) is 16.1. The highest BCUT2D eigenvalue weighted by atomic mass is 32.1. The zero-order chi connectivity index (χ0) is 29.1. The van der Waals surface area contributed by atoms with Gasteiger partial charge in [-0.2, -0.15) is 0 Å². The third-order valence-electron chi connectivity index (χ3n) is 6.35. The van der Waals surface area contributed by atoms with E-state index in [1.54, 1.807) is 50.2 Å². The molecule has 1 aromatic heterocycles. The van der Waals surface area contributed by atoms with Gasteiger partial charge in [-0.1, -0.05) is 24.0 Å². The summed E-state index contributed by atoms with van der Waals surface area (Å²) in [7, 11) is 4.46. The lowest BCUT2D eigenvalue weighted by Crippen LogP contribution is -2.29. The summed E-state index contributed by atoms with van der Waals surface area (Å²) in [6.45, 7) is 6.93. The second-order valence-corrected chi connectivity index (χ2v) is 9.74. The molecule has 0 saturated carbocycles. The van der Waals surface area contributed by atoms with E-state index in [4.69, 9.17) is 18.9 Å². The second kappa shape index (κ2) is 11.6. The fourth-order valence-electron chi connectivity index (χ4n) is 4.43. The molecule has 1 amide bonds. The average Bonchev–Trinajstić information content (AvgIpc) is 3.46. The Balaban J connectivity index is 1.97. The summed E-state index contributed by atoms with van der Waals surface area (Å²) in [6.07, 6.45) is 1.43. The quantitative estimate of drug-likeness (QED) is 0.129. The van der Waals surface area contributed by atoms with Crippen LogP contribution in [0.1, 0.15) is 38.1 Å². The molecule has 40 heavy (non-hydrogen) atoms. The third kappa shape index (κ3) is 5.03. The molecule has 1 N–H and O–H groups in total. The van der Waals surface area contributed by atoms with Crippen LogP contribution in [0.25, 0.3) is 5.76 Å². The number of amides is 1. The first-order chi connectivity index (χ1) is 19.2. The van der Waals surface area contributed by atoms with Gasteiger partial charge in [0.25, 0.3) is 5.78 Å². The standard InChI is InChI=1S/C29H28N2O8S/c1-7-12-39-28(35)26-16(3)30-29(40-26)31-23(19-14-18(36-4)9-11-21(19)38-6)22(25(33)27(31)34)24(32)17-8-10-20(37-5)15(2)13-17/h7-11,13-14,23,32H,1,12H2,2-6H3/b24-22+/t23-/m0/s1. The van der Waals surface area contributed by atoms with Crippen LogP contribution in [0.15, 0.2) is 54.6 Å². The molecule has 1 aliphatic rings. The Kier molecular flexibility index (Phi) is 8.24. The third-order valence-corrected chi connectivity index (χ3v) is 7.49. The molecule has 0 radical (unpaired) electrons. The molecule has 0 aliphatic carbocycles. The van der Waals surface area contributed by atoms with Gasteiger partial charge in [0.2, 0.25) is 0 Å². The minimum atomic E-state index is -1.16. The van der Waals surface area contributed by atoms with E-state index in [9.17, 15) is 19.5 Å². The van der Waals surface area contributed by atoms with Crippen LogP contribution in [-0.2, 0) is 14.3 Å². The highest BCUT2D eigenvalue weighted by Crippen LogP contribution is 2.47. The van der Waals surface area contributed by atoms with Crippen LogP contribution in [0, 0.1) is 13.8 Å². The first-order valence-electron chi connectivity index (χ1n) is 12.1. The van der Waals surface area contributed by atoms with Crippen molar-refractivity contribution < 1.29 is 38.4 Å². The summed E-state index contributed by atoms with van der Waals surface area (Å²) in [5, 5.41) is 11.6. The molecule has 0 spiro atoms. The van der Waals surface area contributed by atoms with Crippen LogP contribution in [0.5, 0.6) is 17.2 Å². The van der Waals surface area contributed by atoms with Crippen molar-refractivity contribution in [2.45, 2.75) is 19.9 Å². The average molecular weight is 565 g/mol. The largest absolute Gasteiger partial charge is 0.507 e. The fraction of sp³-hybridized carbons (Fsp3) is 0.241. The number of Topliss-reactive ketones (excluding diaryl/α,β-unsaturated/α-hetero) is 1. The first-order valence-corrected chi connectivity index (χ1v) is 12.9. The van der Waals surface area contributed by atoms with E-state index in [-0.39, 0.29) is 27.9 Å². The number of aliphatic hydroxyl groups is 1. The minimum Gasteiger partial charge on any atom is -0.507 e. The molecule has 0 bridgehead atoms. The fourth-order valence-corrected chi connectivity index (χ4v) is 5.42.